The molecule has 0 aromatic carbocycles. The van der Waals surface area contributed by atoms with Crippen LogP contribution >= 0.6 is 0 Å². The van der Waals surface area contributed by atoms with Gasteiger partial charge in [0.05, 0.1) is 11.6 Å². The molecule has 114 valence electrons. The quantitative estimate of drug-likeness (QED) is 0.668. The molecule has 2 amide bonds. The highest BCUT2D eigenvalue weighted by molar-refractivity contribution is 5.79. The highest BCUT2D eigenvalue weighted by Crippen LogP contribution is 2.29. The van der Waals surface area contributed by atoms with Crippen molar-refractivity contribution in [3.05, 3.63) is 0 Å². The molecule has 0 bridgehead atoms. The van der Waals surface area contributed by atoms with Crippen LogP contribution in [0.3, 0.4) is 0 Å². The fourth-order valence-electron chi connectivity index (χ4n) is 2.99. The Morgan fingerprint density at radius 3 is 2.60 bits per heavy atom. The molecule has 2 aliphatic heterocycles. The summed E-state index contributed by atoms with van der Waals surface area (Å²) >= 11 is 0. The first-order valence-corrected chi connectivity index (χ1v) is 7.32. The van der Waals surface area contributed by atoms with Crippen molar-refractivity contribution >= 4 is 12.0 Å². The van der Waals surface area contributed by atoms with E-state index in [4.69, 9.17) is 4.74 Å². The van der Waals surface area contributed by atoms with Gasteiger partial charge in [0.25, 0.3) is 0 Å². The van der Waals surface area contributed by atoms with Crippen LogP contribution < -0.4 is 16.0 Å². The number of hydrogen-bond acceptors (Lipinski definition) is 4. The maximum atomic E-state index is 12.0. The monoisotopic (exact) mass is 283 g/mol. The molecule has 0 radical (unpaired) electrons. The van der Waals surface area contributed by atoms with E-state index in [2.05, 4.69) is 16.0 Å². The summed E-state index contributed by atoms with van der Waals surface area (Å²) in [6, 6.07) is -0.0582. The van der Waals surface area contributed by atoms with Crippen LogP contribution in [0.2, 0.25) is 0 Å². The number of alkyl carbamates (subject to hydrolysis) is 1. The van der Waals surface area contributed by atoms with Gasteiger partial charge >= 0.3 is 6.09 Å². The van der Waals surface area contributed by atoms with Crippen LogP contribution in [0, 0.1) is 0 Å². The van der Waals surface area contributed by atoms with Gasteiger partial charge in [-0.05, 0) is 53.1 Å². The maximum Gasteiger partial charge on any atom is 0.407 e. The van der Waals surface area contributed by atoms with Gasteiger partial charge in [-0.25, -0.2) is 4.79 Å². The smallest absolute Gasteiger partial charge is 0.407 e. The number of piperidine rings is 2. The second-order valence-corrected chi connectivity index (χ2v) is 6.69. The highest BCUT2D eigenvalue weighted by Gasteiger charge is 2.45. The molecule has 1 atom stereocenters. The summed E-state index contributed by atoms with van der Waals surface area (Å²) in [5.74, 6) is 0.0779. The van der Waals surface area contributed by atoms with E-state index in [9.17, 15) is 9.59 Å². The minimum Gasteiger partial charge on any atom is -0.444 e. The van der Waals surface area contributed by atoms with Gasteiger partial charge in [-0.2, -0.15) is 0 Å². The van der Waals surface area contributed by atoms with Crippen molar-refractivity contribution in [2.24, 2.45) is 0 Å². The van der Waals surface area contributed by atoms with Gasteiger partial charge in [0.2, 0.25) is 5.91 Å². The third-order valence-electron chi connectivity index (χ3n) is 3.90. The lowest BCUT2D eigenvalue weighted by Crippen LogP contribution is -2.68. The third kappa shape index (κ3) is 3.62. The Labute approximate surface area is 120 Å². The van der Waals surface area contributed by atoms with Gasteiger partial charge in [-0.15, -0.1) is 0 Å². The second kappa shape index (κ2) is 5.60. The Kier molecular flexibility index (Phi) is 4.22. The van der Waals surface area contributed by atoms with E-state index in [0.717, 1.165) is 25.9 Å². The van der Waals surface area contributed by atoms with E-state index in [1.54, 1.807) is 0 Å². The van der Waals surface area contributed by atoms with Gasteiger partial charge in [-0.1, -0.05) is 0 Å². The minimum absolute atomic E-state index is 0.0582. The molecule has 6 heteroatoms. The Hall–Kier alpha value is -1.30. The van der Waals surface area contributed by atoms with Crippen LogP contribution in [0.15, 0.2) is 0 Å². The van der Waals surface area contributed by atoms with Crippen LogP contribution in [0.5, 0.6) is 0 Å². The molecule has 2 rings (SSSR count). The Morgan fingerprint density at radius 2 is 2.00 bits per heavy atom. The summed E-state index contributed by atoms with van der Waals surface area (Å²) in [6.07, 6.45) is 2.38. The molecule has 2 heterocycles. The lowest BCUT2D eigenvalue weighted by Gasteiger charge is -2.47. The number of ether oxygens (including phenoxy) is 1. The molecule has 1 unspecified atom stereocenters. The zero-order valence-electron chi connectivity index (χ0n) is 12.5. The maximum absolute atomic E-state index is 12.0. The molecule has 0 aromatic rings. The highest BCUT2D eigenvalue weighted by atomic mass is 16.6. The molecule has 3 N–H and O–H groups in total. The fraction of sp³-hybridized carbons (Fsp3) is 0.857. The lowest BCUT2D eigenvalue weighted by molar-refractivity contribution is -0.126. The van der Waals surface area contributed by atoms with Gasteiger partial charge in [0.1, 0.15) is 5.60 Å². The normalized spacial score (nSPS) is 25.9. The molecule has 2 fully saturated rings. The topological polar surface area (TPSA) is 79.5 Å². The van der Waals surface area contributed by atoms with Gasteiger partial charge in [0.15, 0.2) is 0 Å². The Balaban J connectivity index is 2.04. The summed E-state index contributed by atoms with van der Waals surface area (Å²) in [5, 5.41) is 9.34. The Morgan fingerprint density at radius 1 is 1.35 bits per heavy atom. The van der Waals surface area contributed by atoms with Gasteiger partial charge in [0, 0.05) is 6.42 Å². The predicted molar refractivity (Wildman–Crippen MR) is 75.4 cm³/mol. The van der Waals surface area contributed by atoms with Crippen molar-refractivity contribution in [1.82, 2.24) is 16.0 Å². The van der Waals surface area contributed by atoms with Crippen LogP contribution in [0.1, 0.15) is 46.5 Å². The van der Waals surface area contributed by atoms with Crippen molar-refractivity contribution < 1.29 is 14.3 Å². The van der Waals surface area contributed by atoms with E-state index in [1.165, 1.54) is 0 Å². The standard InChI is InChI=1S/C14H25N3O3/c1-13(2,3)20-12(19)16-10-4-5-11(18)17-14(10)6-8-15-9-7-14/h10,15H,4-9H2,1-3H3,(H,16,19)(H,17,18). The van der Waals surface area contributed by atoms with Crippen molar-refractivity contribution in [1.29, 1.82) is 0 Å². The lowest BCUT2D eigenvalue weighted by atomic mass is 9.76. The summed E-state index contributed by atoms with van der Waals surface area (Å²) in [5.41, 5.74) is -0.833. The first-order chi connectivity index (χ1) is 9.31. The molecule has 2 saturated heterocycles. The summed E-state index contributed by atoms with van der Waals surface area (Å²) in [6.45, 7) is 7.24. The van der Waals surface area contributed by atoms with Crippen LogP contribution in [0.25, 0.3) is 0 Å². The van der Waals surface area contributed by atoms with Crippen LogP contribution in [-0.4, -0.2) is 42.3 Å². The number of amides is 2. The summed E-state index contributed by atoms with van der Waals surface area (Å²) in [7, 11) is 0. The number of carbonyl (C=O) groups excluding carboxylic acids is 2. The van der Waals surface area contributed by atoms with Crippen molar-refractivity contribution in [3.63, 3.8) is 0 Å². The van der Waals surface area contributed by atoms with Crippen molar-refractivity contribution in [2.75, 3.05) is 13.1 Å². The minimum atomic E-state index is -0.511. The van der Waals surface area contributed by atoms with E-state index in [1.807, 2.05) is 20.8 Å². The van der Waals surface area contributed by atoms with E-state index in [-0.39, 0.29) is 17.5 Å². The molecule has 0 aliphatic carbocycles. The van der Waals surface area contributed by atoms with Crippen LogP contribution in [0.4, 0.5) is 4.79 Å². The molecule has 6 nitrogen and oxygen atoms in total. The fourth-order valence-corrected chi connectivity index (χ4v) is 2.99. The van der Waals surface area contributed by atoms with Gasteiger partial charge < -0.3 is 20.7 Å². The van der Waals surface area contributed by atoms with E-state index < -0.39 is 11.7 Å². The van der Waals surface area contributed by atoms with E-state index >= 15 is 0 Å². The zero-order chi connectivity index (χ0) is 14.8. The predicted octanol–water partition coefficient (Wildman–Crippen LogP) is 0.912. The SMILES string of the molecule is CC(C)(C)OC(=O)NC1CCC(=O)NC12CCNCC2. The molecule has 2 aliphatic rings. The molecule has 0 saturated carbocycles. The van der Waals surface area contributed by atoms with Crippen molar-refractivity contribution in [2.45, 2.75) is 63.6 Å². The number of hydrogen-bond donors (Lipinski definition) is 3. The van der Waals surface area contributed by atoms with Crippen LogP contribution in [-0.2, 0) is 9.53 Å². The van der Waals surface area contributed by atoms with Gasteiger partial charge in [-0.3, -0.25) is 4.79 Å². The van der Waals surface area contributed by atoms with Crippen molar-refractivity contribution in [3.8, 4) is 0 Å². The molecule has 1 spiro atoms. The summed E-state index contributed by atoms with van der Waals surface area (Å²) in [4.78, 5) is 23.7. The first kappa shape index (κ1) is 15.1. The second-order valence-electron chi connectivity index (χ2n) is 6.69. The third-order valence-corrected chi connectivity index (χ3v) is 3.90. The first-order valence-electron chi connectivity index (χ1n) is 7.32. The molecular formula is C14H25N3O3. The molecular weight excluding hydrogens is 258 g/mol. The largest absolute Gasteiger partial charge is 0.444 e. The average molecular weight is 283 g/mol. The Bertz CT molecular complexity index is 384. The molecule has 20 heavy (non-hydrogen) atoms. The van der Waals surface area contributed by atoms with E-state index in [0.29, 0.717) is 12.8 Å². The zero-order valence-corrected chi connectivity index (χ0v) is 12.5. The average Bonchev–Trinajstić information content (AvgIpc) is 2.32. The summed E-state index contributed by atoms with van der Waals surface area (Å²) < 4.78 is 5.32. The molecule has 0 aromatic heterocycles. The number of nitrogens with one attached hydrogen (secondary N) is 3. The number of carbonyl (C=O) groups is 2. The number of rotatable bonds is 1.